The second-order valence-corrected chi connectivity index (χ2v) is 4.75. The van der Waals surface area contributed by atoms with Crippen molar-refractivity contribution in [2.75, 3.05) is 0 Å². The maximum Gasteiger partial charge on any atom is 0.344 e. The average Bonchev–Trinajstić information content (AvgIpc) is 2.25. The van der Waals surface area contributed by atoms with E-state index in [9.17, 15) is 4.79 Å². The van der Waals surface area contributed by atoms with Gasteiger partial charge in [0.1, 0.15) is 5.75 Å². The number of rotatable bonds is 6. The van der Waals surface area contributed by atoms with Crippen molar-refractivity contribution in [3.05, 3.63) is 29.3 Å². The lowest BCUT2D eigenvalue weighted by atomic mass is 10.1. The Balaban J connectivity index is 2.67. The molecular weight excluding hydrogens is 240 g/mol. The van der Waals surface area contributed by atoms with Crippen molar-refractivity contribution in [1.29, 1.82) is 0 Å². The van der Waals surface area contributed by atoms with Crippen LogP contribution in [-0.4, -0.2) is 17.2 Å². The van der Waals surface area contributed by atoms with Gasteiger partial charge >= 0.3 is 5.97 Å². The molecule has 0 spiro atoms. The van der Waals surface area contributed by atoms with Crippen molar-refractivity contribution < 1.29 is 14.6 Å². The van der Waals surface area contributed by atoms with Gasteiger partial charge in [-0.05, 0) is 30.9 Å². The second-order valence-electron chi connectivity index (χ2n) is 4.35. The van der Waals surface area contributed by atoms with Crippen LogP contribution >= 0.6 is 11.6 Å². The maximum absolute atomic E-state index is 11.1. The first-order chi connectivity index (χ1) is 8.00. The average molecular weight is 257 g/mol. The van der Waals surface area contributed by atoms with Crippen LogP contribution in [0.2, 0.25) is 5.02 Å². The van der Waals surface area contributed by atoms with Gasteiger partial charge in [0, 0.05) is 0 Å². The number of carboxylic acid groups (broad SMARTS) is 1. The minimum atomic E-state index is -0.953. The fourth-order valence-electron chi connectivity index (χ4n) is 1.41. The summed E-state index contributed by atoms with van der Waals surface area (Å²) in [6.45, 7) is 4.10. The number of halogens is 1. The summed E-state index contributed by atoms with van der Waals surface area (Å²) in [4.78, 5) is 11.1. The Hall–Kier alpha value is -1.22. The summed E-state index contributed by atoms with van der Waals surface area (Å²) in [7, 11) is 0. The van der Waals surface area contributed by atoms with Crippen LogP contribution < -0.4 is 4.74 Å². The monoisotopic (exact) mass is 256 g/mol. The Labute approximate surface area is 106 Å². The Bertz CT molecular complexity index is 377. The third kappa shape index (κ3) is 4.65. The first kappa shape index (κ1) is 13.8. The molecule has 1 rings (SSSR count). The van der Waals surface area contributed by atoms with Crippen LogP contribution in [0.25, 0.3) is 0 Å². The molecule has 0 heterocycles. The highest BCUT2D eigenvalue weighted by atomic mass is 35.5. The molecule has 0 aliphatic carbocycles. The van der Waals surface area contributed by atoms with Crippen LogP contribution in [0, 0.1) is 5.92 Å². The van der Waals surface area contributed by atoms with E-state index in [4.69, 9.17) is 21.4 Å². The molecule has 0 saturated heterocycles. The lowest BCUT2D eigenvalue weighted by Gasteiger charge is -2.16. The van der Waals surface area contributed by atoms with Crippen molar-refractivity contribution in [3.63, 3.8) is 0 Å². The topological polar surface area (TPSA) is 46.5 Å². The third-order valence-corrected chi connectivity index (χ3v) is 2.70. The van der Waals surface area contributed by atoms with Crippen LogP contribution in [0.4, 0.5) is 0 Å². The molecule has 0 amide bonds. The lowest BCUT2D eigenvalue weighted by Crippen LogP contribution is -2.27. The molecule has 0 radical (unpaired) electrons. The molecular formula is C13H17ClO3. The smallest absolute Gasteiger partial charge is 0.344 e. The van der Waals surface area contributed by atoms with Crippen molar-refractivity contribution in [2.24, 2.45) is 5.92 Å². The highest BCUT2D eigenvalue weighted by Crippen LogP contribution is 2.25. The fraction of sp³-hybridized carbons (Fsp3) is 0.462. The second kappa shape index (κ2) is 6.50. The molecule has 0 fully saturated rings. The SMILES string of the molecule is CC(C)CCC(Oc1ccccc1Cl)C(=O)O. The molecule has 94 valence electrons. The number of carboxylic acids is 1. The Morgan fingerprint density at radius 1 is 1.35 bits per heavy atom. The summed E-state index contributed by atoms with van der Waals surface area (Å²) in [5.74, 6) is -0.0809. The van der Waals surface area contributed by atoms with Gasteiger partial charge < -0.3 is 9.84 Å². The van der Waals surface area contributed by atoms with Crippen molar-refractivity contribution in [3.8, 4) is 5.75 Å². The van der Waals surface area contributed by atoms with E-state index in [1.165, 1.54) is 0 Å². The molecule has 1 N–H and O–H groups in total. The normalized spacial score (nSPS) is 12.5. The van der Waals surface area contributed by atoms with Crippen LogP contribution in [-0.2, 0) is 4.79 Å². The Kier molecular flexibility index (Phi) is 5.29. The minimum absolute atomic E-state index is 0.422. The van der Waals surface area contributed by atoms with E-state index in [2.05, 4.69) is 13.8 Å². The van der Waals surface area contributed by atoms with Gasteiger partial charge in [-0.2, -0.15) is 0 Å². The summed E-state index contributed by atoms with van der Waals surface area (Å²) < 4.78 is 5.43. The number of aliphatic carboxylic acids is 1. The van der Waals surface area contributed by atoms with Crippen molar-refractivity contribution >= 4 is 17.6 Å². The molecule has 0 aromatic heterocycles. The Morgan fingerprint density at radius 3 is 2.53 bits per heavy atom. The molecule has 0 bridgehead atoms. The maximum atomic E-state index is 11.1. The predicted molar refractivity (Wildman–Crippen MR) is 67.6 cm³/mol. The first-order valence-electron chi connectivity index (χ1n) is 5.64. The minimum Gasteiger partial charge on any atom is -0.479 e. The highest BCUT2D eigenvalue weighted by Gasteiger charge is 2.20. The van der Waals surface area contributed by atoms with Gasteiger partial charge in [-0.15, -0.1) is 0 Å². The summed E-state index contributed by atoms with van der Waals surface area (Å²) >= 11 is 5.92. The van der Waals surface area contributed by atoms with Gasteiger partial charge in [0.2, 0.25) is 0 Å². The molecule has 0 aliphatic heterocycles. The Morgan fingerprint density at radius 2 is 2.00 bits per heavy atom. The van der Waals surface area contributed by atoms with E-state index in [1.807, 2.05) is 0 Å². The van der Waals surface area contributed by atoms with E-state index in [0.29, 0.717) is 23.1 Å². The summed E-state index contributed by atoms with van der Waals surface area (Å²) in [5, 5.41) is 9.50. The van der Waals surface area contributed by atoms with Crippen LogP contribution in [0.1, 0.15) is 26.7 Å². The van der Waals surface area contributed by atoms with Gasteiger partial charge in [-0.25, -0.2) is 4.79 Å². The van der Waals surface area contributed by atoms with E-state index in [-0.39, 0.29) is 0 Å². The predicted octanol–water partition coefficient (Wildman–Crippen LogP) is 3.61. The number of para-hydroxylation sites is 1. The molecule has 0 saturated carbocycles. The van der Waals surface area contributed by atoms with Gasteiger partial charge in [0.05, 0.1) is 5.02 Å². The third-order valence-electron chi connectivity index (χ3n) is 2.39. The highest BCUT2D eigenvalue weighted by molar-refractivity contribution is 6.32. The molecule has 1 aromatic carbocycles. The zero-order chi connectivity index (χ0) is 12.8. The molecule has 0 aliphatic rings. The van der Waals surface area contributed by atoms with Crippen LogP contribution in [0.5, 0.6) is 5.75 Å². The number of ether oxygens (including phenoxy) is 1. The molecule has 3 nitrogen and oxygen atoms in total. The largest absolute Gasteiger partial charge is 0.479 e. The number of benzene rings is 1. The molecule has 1 atom stereocenters. The molecule has 4 heteroatoms. The van der Waals surface area contributed by atoms with E-state index in [1.54, 1.807) is 24.3 Å². The van der Waals surface area contributed by atoms with Gasteiger partial charge in [0.15, 0.2) is 6.10 Å². The van der Waals surface area contributed by atoms with Crippen LogP contribution in [0.3, 0.4) is 0 Å². The van der Waals surface area contributed by atoms with Gasteiger partial charge in [-0.1, -0.05) is 37.6 Å². The van der Waals surface area contributed by atoms with Crippen LogP contribution in [0.15, 0.2) is 24.3 Å². The standard InChI is InChI=1S/C13H17ClO3/c1-9(2)7-8-12(13(15)16)17-11-6-4-3-5-10(11)14/h3-6,9,12H,7-8H2,1-2H3,(H,15,16). The number of hydrogen-bond donors (Lipinski definition) is 1. The summed E-state index contributed by atoms with van der Waals surface area (Å²) in [6.07, 6.45) is 0.455. The first-order valence-corrected chi connectivity index (χ1v) is 6.02. The number of carbonyl (C=O) groups is 1. The quantitative estimate of drug-likeness (QED) is 0.846. The molecule has 17 heavy (non-hydrogen) atoms. The van der Waals surface area contributed by atoms with E-state index < -0.39 is 12.1 Å². The summed E-state index contributed by atoms with van der Waals surface area (Å²) in [6, 6.07) is 6.90. The zero-order valence-corrected chi connectivity index (χ0v) is 10.8. The van der Waals surface area contributed by atoms with E-state index in [0.717, 1.165) is 6.42 Å². The van der Waals surface area contributed by atoms with Gasteiger partial charge in [-0.3, -0.25) is 0 Å². The fourth-order valence-corrected chi connectivity index (χ4v) is 1.59. The van der Waals surface area contributed by atoms with E-state index >= 15 is 0 Å². The molecule has 1 aromatic rings. The lowest BCUT2D eigenvalue weighted by molar-refractivity contribution is -0.145. The molecule has 1 unspecified atom stereocenters. The van der Waals surface area contributed by atoms with Crippen molar-refractivity contribution in [2.45, 2.75) is 32.8 Å². The number of hydrogen-bond acceptors (Lipinski definition) is 2. The zero-order valence-electron chi connectivity index (χ0n) is 10.0. The van der Waals surface area contributed by atoms with Gasteiger partial charge in [0.25, 0.3) is 0 Å². The summed E-state index contributed by atoms with van der Waals surface area (Å²) in [5.41, 5.74) is 0. The van der Waals surface area contributed by atoms with Crippen molar-refractivity contribution in [1.82, 2.24) is 0 Å².